The van der Waals surface area contributed by atoms with Crippen LogP contribution in [0, 0.1) is 5.41 Å². The van der Waals surface area contributed by atoms with E-state index in [2.05, 4.69) is 17.2 Å². The van der Waals surface area contributed by atoms with E-state index in [4.69, 9.17) is 7.10 Å². The van der Waals surface area contributed by atoms with Crippen LogP contribution < -0.4 is 16.4 Å². The van der Waals surface area contributed by atoms with Crippen molar-refractivity contribution in [1.82, 2.24) is 10.6 Å². The number of carbonyl (C=O) groups is 1. The molecule has 0 aromatic heterocycles. The number of hydrogen-bond acceptors (Lipinski definition) is 4. The molecule has 0 aromatic carbocycles. The quantitative estimate of drug-likeness (QED) is 0.620. The summed E-state index contributed by atoms with van der Waals surface area (Å²) in [4.78, 5) is 12.6. The molecule has 0 amide bonds. The van der Waals surface area contributed by atoms with Crippen molar-refractivity contribution < 1.29 is 6.17 Å². The van der Waals surface area contributed by atoms with Gasteiger partial charge >= 0.3 is 0 Å². The van der Waals surface area contributed by atoms with Crippen LogP contribution in [0.2, 0.25) is 0 Å². The van der Waals surface area contributed by atoms with E-state index in [1.807, 2.05) is 41.5 Å². The van der Waals surface area contributed by atoms with Crippen molar-refractivity contribution >= 4 is 5.78 Å². The zero-order valence-electron chi connectivity index (χ0n) is 14.3. The van der Waals surface area contributed by atoms with E-state index in [1.165, 1.54) is 0 Å². The fourth-order valence-corrected chi connectivity index (χ4v) is 1.65. The molecule has 0 fully saturated rings. The summed E-state index contributed by atoms with van der Waals surface area (Å²) in [5.41, 5.74) is 4.59. The number of nitrogens with two attached hydrogens (primary N) is 1. The van der Waals surface area contributed by atoms with Crippen LogP contribution >= 0.6 is 0 Å². The third kappa shape index (κ3) is 8.65. The highest BCUT2D eigenvalue weighted by atomic mass is 16.1. The molecular weight excluding hydrogens is 238 g/mol. The lowest BCUT2D eigenvalue weighted by Crippen LogP contribution is -2.51. The van der Waals surface area contributed by atoms with E-state index in [0.29, 0.717) is 25.2 Å². The van der Waals surface area contributed by atoms with Gasteiger partial charge in [0.15, 0.2) is 5.78 Å². The van der Waals surface area contributed by atoms with Gasteiger partial charge in [-0.25, -0.2) is 0 Å². The predicted octanol–water partition coefficient (Wildman–Crippen LogP) is 2.16. The molecule has 4 heteroatoms. The molecule has 0 bridgehead atoms. The van der Waals surface area contributed by atoms with Crippen LogP contribution in [0.3, 0.4) is 0 Å². The van der Waals surface area contributed by atoms with Gasteiger partial charge in [0.1, 0.15) is 0 Å². The fraction of sp³-hybridized carbons (Fsp3) is 0.800. The van der Waals surface area contributed by atoms with Gasteiger partial charge in [-0.2, -0.15) is 0 Å². The average molecular weight is 270 g/mol. The number of carbonyl (C=O) groups excluding carboxylic acids is 1. The molecule has 0 radical (unpaired) electrons. The second kappa shape index (κ2) is 6.94. The van der Waals surface area contributed by atoms with Crippen molar-refractivity contribution in [3.63, 3.8) is 0 Å². The summed E-state index contributed by atoms with van der Waals surface area (Å²) in [5, 5.41) is 6.08. The first-order chi connectivity index (χ1) is 8.78. The van der Waals surface area contributed by atoms with Gasteiger partial charge < -0.3 is 16.4 Å². The lowest BCUT2D eigenvalue weighted by molar-refractivity contribution is -0.129. The minimum Gasteiger partial charge on any atom is -0.386 e. The first-order valence-electron chi connectivity index (χ1n) is 7.30. The minimum absolute atomic E-state index is 0.0912. The lowest BCUT2D eigenvalue weighted by atomic mass is 9.84. The van der Waals surface area contributed by atoms with Crippen LogP contribution in [-0.4, -0.2) is 23.9 Å². The highest BCUT2D eigenvalue weighted by molar-refractivity contribution is 5.88. The van der Waals surface area contributed by atoms with Crippen molar-refractivity contribution in [3.05, 3.63) is 12.4 Å². The second-order valence-corrected chi connectivity index (χ2v) is 6.99. The fourth-order valence-electron chi connectivity index (χ4n) is 1.65. The maximum Gasteiger partial charge on any atom is 0.155 e. The Bertz CT molecular complexity index is 355. The summed E-state index contributed by atoms with van der Waals surface area (Å²) in [7, 11) is 0. The van der Waals surface area contributed by atoms with Crippen LogP contribution in [0.4, 0.5) is 0 Å². The Kier molecular flexibility index (Phi) is 5.85. The first kappa shape index (κ1) is 16.0. The molecule has 1 atom stereocenters. The molecule has 0 saturated carbocycles. The monoisotopic (exact) mass is 270 g/mol. The molecule has 0 aliphatic heterocycles. The predicted molar refractivity (Wildman–Crippen MR) is 81.7 cm³/mol. The van der Waals surface area contributed by atoms with E-state index >= 15 is 0 Å². The van der Waals surface area contributed by atoms with E-state index in [-0.39, 0.29) is 11.3 Å². The number of rotatable bonds is 7. The van der Waals surface area contributed by atoms with Gasteiger partial charge in [-0.3, -0.25) is 4.79 Å². The van der Waals surface area contributed by atoms with Crippen molar-refractivity contribution in [3.8, 4) is 0 Å². The van der Waals surface area contributed by atoms with Gasteiger partial charge in [0.25, 0.3) is 0 Å². The van der Waals surface area contributed by atoms with Gasteiger partial charge in [0, 0.05) is 17.5 Å². The Hall–Kier alpha value is -1.03. The molecular formula is C15H31N3O. The molecule has 0 rings (SSSR count). The topological polar surface area (TPSA) is 67.2 Å². The number of Topliss-reactive ketones (excluding diaryl/α,β-unsaturated/α-hetero) is 1. The number of nitrogens with one attached hydrogen (secondary N) is 2. The summed E-state index contributed by atoms with van der Waals surface area (Å²) in [6.45, 7) is 15.6. The molecule has 0 aliphatic carbocycles. The molecule has 0 aliphatic rings. The second-order valence-electron chi connectivity index (χ2n) is 6.99. The molecule has 112 valence electrons. The third-order valence-corrected chi connectivity index (χ3v) is 2.44. The molecule has 0 unspecified atom stereocenters. The molecule has 0 spiro atoms. The summed E-state index contributed by atoms with van der Waals surface area (Å²) in [5.74, 6) is 0.318. The van der Waals surface area contributed by atoms with Crippen LogP contribution in [0.5, 0.6) is 0 Å². The Morgan fingerprint density at radius 2 is 1.84 bits per heavy atom. The Labute approximate surface area is 119 Å². The van der Waals surface area contributed by atoms with Crippen molar-refractivity contribution in [2.24, 2.45) is 11.1 Å². The lowest BCUT2D eigenvalue weighted by Gasteiger charge is -2.32. The Morgan fingerprint density at radius 3 is 2.21 bits per heavy atom. The van der Waals surface area contributed by atoms with Crippen LogP contribution in [0.25, 0.3) is 0 Å². The van der Waals surface area contributed by atoms with Gasteiger partial charge in [-0.05, 0) is 33.6 Å². The molecule has 0 saturated heterocycles. The molecule has 0 aromatic rings. The number of hydrogen-bond donors (Lipinski definition) is 3. The highest BCUT2D eigenvalue weighted by Gasteiger charge is 2.31. The summed E-state index contributed by atoms with van der Waals surface area (Å²) in [6.07, 6.45) is 1.10. The minimum atomic E-state index is -1.28. The summed E-state index contributed by atoms with van der Waals surface area (Å²) >= 11 is 0. The van der Waals surface area contributed by atoms with Gasteiger partial charge in [-0.1, -0.05) is 27.4 Å². The van der Waals surface area contributed by atoms with Gasteiger partial charge in [0.05, 0.1) is 13.2 Å². The summed E-state index contributed by atoms with van der Waals surface area (Å²) in [6, 6.07) is -1.28. The molecule has 0 heterocycles. The summed E-state index contributed by atoms with van der Waals surface area (Å²) < 4.78 is 8.58. The van der Waals surface area contributed by atoms with Crippen LogP contribution in [-0.2, 0) is 4.79 Å². The van der Waals surface area contributed by atoms with Gasteiger partial charge in [0.2, 0.25) is 0 Å². The average Bonchev–Trinajstić information content (AvgIpc) is 2.19. The van der Waals surface area contributed by atoms with E-state index in [0.717, 1.165) is 0 Å². The van der Waals surface area contributed by atoms with E-state index in [1.54, 1.807) is 0 Å². The van der Waals surface area contributed by atoms with Crippen LogP contribution in [0.15, 0.2) is 12.4 Å². The molecule has 4 N–H and O–H groups in total. The highest BCUT2D eigenvalue weighted by Crippen LogP contribution is 2.20. The maximum atomic E-state index is 12.6. The normalized spacial score (nSPS) is 16.4. The standard InChI is InChI=1S/C15H31N3O/c1-11(16)17-10-8-9-12(18-15(5,6)7)13(19)14(2,3)4/h12,17-18H,1,8-10,16H2,2-7H3/t12-/m1/s1/i12D. The van der Waals surface area contributed by atoms with Gasteiger partial charge in [-0.15, -0.1) is 0 Å². The van der Waals surface area contributed by atoms with Crippen molar-refractivity contribution in [2.75, 3.05) is 6.54 Å². The largest absolute Gasteiger partial charge is 0.386 e. The molecule has 4 nitrogen and oxygen atoms in total. The van der Waals surface area contributed by atoms with Crippen LogP contribution in [0.1, 0.15) is 55.8 Å². The SMILES string of the molecule is [2H][C@](CCCNC(=C)N)(NC(C)(C)C)C(=O)C(C)(C)C. The first-order valence-corrected chi connectivity index (χ1v) is 6.80. The zero-order chi connectivity index (χ0) is 16.2. The van der Waals surface area contributed by atoms with E-state index < -0.39 is 11.4 Å². The van der Waals surface area contributed by atoms with Crippen molar-refractivity contribution in [1.29, 1.82) is 0 Å². The maximum absolute atomic E-state index is 12.6. The molecule has 19 heavy (non-hydrogen) atoms. The van der Waals surface area contributed by atoms with Crippen molar-refractivity contribution in [2.45, 2.75) is 65.9 Å². The smallest absolute Gasteiger partial charge is 0.155 e. The Balaban J connectivity index is 4.89. The zero-order valence-corrected chi connectivity index (χ0v) is 13.3. The Morgan fingerprint density at radius 1 is 1.32 bits per heavy atom. The third-order valence-electron chi connectivity index (χ3n) is 2.44. The van der Waals surface area contributed by atoms with E-state index in [9.17, 15) is 4.79 Å². The number of ketones is 1.